The molecule has 0 aromatic carbocycles. The lowest BCUT2D eigenvalue weighted by Gasteiger charge is -2.06. The highest BCUT2D eigenvalue weighted by Gasteiger charge is 2.11. The summed E-state index contributed by atoms with van der Waals surface area (Å²) < 4.78 is 0. The molecule has 2 aromatic rings. The Morgan fingerprint density at radius 2 is 2.38 bits per heavy atom. The summed E-state index contributed by atoms with van der Waals surface area (Å²) in [6.45, 7) is 2.36. The smallest absolute Gasteiger partial charge is 0.252 e. The quantitative estimate of drug-likeness (QED) is 0.839. The second-order valence-electron chi connectivity index (χ2n) is 4.24. The minimum Gasteiger partial charge on any atom is -0.395 e. The van der Waals surface area contributed by atoms with Crippen molar-refractivity contribution in [2.45, 2.75) is 19.9 Å². The molecule has 108 valence electrons. The second-order valence-corrected chi connectivity index (χ2v) is 5.18. The first-order valence-corrected chi connectivity index (χ1v) is 7.31. The number of aryl methyl sites for hydroxylation is 1. The first-order chi connectivity index (χ1) is 10.2. The number of amides is 1. The molecule has 0 saturated carbocycles. The van der Waals surface area contributed by atoms with Gasteiger partial charge >= 0.3 is 0 Å². The monoisotopic (exact) mass is 301 g/mol. The van der Waals surface area contributed by atoms with Crippen LogP contribution in [0.15, 0.2) is 24.0 Å². The predicted octanol–water partition coefficient (Wildman–Crippen LogP) is 1.51. The van der Waals surface area contributed by atoms with Crippen LogP contribution in [0.1, 0.15) is 32.9 Å². The number of aromatic nitrogens is 2. The van der Waals surface area contributed by atoms with Crippen LogP contribution in [0.25, 0.3) is 0 Å². The van der Waals surface area contributed by atoms with Gasteiger partial charge in [-0.1, -0.05) is 11.8 Å². The van der Waals surface area contributed by atoms with E-state index in [4.69, 9.17) is 5.11 Å². The van der Waals surface area contributed by atoms with Crippen molar-refractivity contribution in [2.75, 3.05) is 6.61 Å². The van der Waals surface area contributed by atoms with Gasteiger partial charge in [0.25, 0.3) is 5.91 Å². The minimum atomic E-state index is -0.196. The van der Waals surface area contributed by atoms with Crippen LogP contribution in [-0.2, 0) is 6.54 Å². The van der Waals surface area contributed by atoms with Gasteiger partial charge in [-0.2, -0.15) is 0 Å². The third-order valence-corrected chi connectivity index (χ3v) is 3.72. The summed E-state index contributed by atoms with van der Waals surface area (Å²) in [6, 6.07) is 1.64. The second kappa shape index (κ2) is 7.53. The summed E-state index contributed by atoms with van der Waals surface area (Å²) in [5, 5.41) is 11.6. The summed E-state index contributed by atoms with van der Waals surface area (Å²) >= 11 is 1.51. The Morgan fingerprint density at radius 3 is 3.10 bits per heavy atom. The van der Waals surface area contributed by atoms with Gasteiger partial charge < -0.3 is 10.4 Å². The van der Waals surface area contributed by atoms with E-state index in [1.54, 1.807) is 24.0 Å². The number of carbonyl (C=O) groups excluding carboxylic acids is 1. The standard InChI is InChI=1S/C15H15N3O2S/c1-11-14(21-10-18-11)9-17-15(20)13-5-6-16-8-12(13)4-2-3-7-19/h5-6,8,10,19H,3,7,9H2,1H3,(H,17,20). The molecule has 0 aliphatic carbocycles. The third-order valence-electron chi connectivity index (χ3n) is 2.78. The number of aliphatic hydroxyl groups is 1. The van der Waals surface area contributed by atoms with Crippen molar-refractivity contribution in [3.05, 3.63) is 45.7 Å². The Kier molecular flexibility index (Phi) is 5.43. The maximum atomic E-state index is 12.2. The Labute approximate surface area is 127 Å². The van der Waals surface area contributed by atoms with Crippen molar-refractivity contribution < 1.29 is 9.90 Å². The number of hydrogen-bond acceptors (Lipinski definition) is 5. The van der Waals surface area contributed by atoms with Gasteiger partial charge in [0.05, 0.1) is 35.5 Å². The summed E-state index contributed by atoms with van der Waals surface area (Å²) in [5.74, 6) is 5.46. The van der Waals surface area contributed by atoms with Crippen molar-refractivity contribution >= 4 is 17.2 Å². The van der Waals surface area contributed by atoms with Gasteiger partial charge in [-0.05, 0) is 13.0 Å². The van der Waals surface area contributed by atoms with Crippen LogP contribution >= 0.6 is 11.3 Å². The number of aliphatic hydroxyl groups excluding tert-OH is 1. The molecular weight excluding hydrogens is 286 g/mol. The molecule has 0 unspecified atom stereocenters. The fourth-order valence-corrected chi connectivity index (χ4v) is 2.37. The molecule has 2 heterocycles. The van der Waals surface area contributed by atoms with Gasteiger partial charge in [0.2, 0.25) is 0 Å². The van der Waals surface area contributed by atoms with Crippen LogP contribution in [-0.4, -0.2) is 27.6 Å². The van der Waals surface area contributed by atoms with Gasteiger partial charge in [0.15, 0.2) is 0 Å². The normalized spacial score (nSPS) is 9.81. The van der Waals surface area contributed by atoms with Gasteiger partial charge in [0.1, 0.15) is 0 Å². The molecule has 0 saturated heterocycles. The highest BCUT2D eigenvalue weighted by molar-refractivity contribution is 7.09. The van der Waals surface area contributed by atoms with Crippen LogP contribution in [0.5, 0.6) is 0 Å². The molecule has 0 spiro atoms. The molecule has 0 radical (unpaired) electrons. The zero-order chi connectivity index (χ0) is 15.1. The molecule has 2 N–H and O–H groups in total. The van der Waals surface area contributed by atoms with Gasteiger partial charge in [-0.3, -0.25) is 9.78 Å². The fourth-order valence-electron chi connectivity index (χ4n) is 1.66. The highest BCUT2D eigenvalue weighted by atomic mass is 32.1. The molecule has 0 bridgehead atoms. The summed E-state index contributed by atoms with van der Waals surface area (Å²) in [5.41, 5.74) is 3.73. The van der Waals surface area contributed by atoms with Crippen molar-refractivity contribution in [3.63, 3.8) is 0 Å². The molecule has 0 fully saturated rings. The third kappa shape index (κ3) is 4.12. The van der Waals surface area contributed by atoms with E-state index in [1.807, 2.05) is 6.92 Å². The lowest BCUT2D eigenvalue weighted by atomic mass is 10.1. The van der Waals surface area contributed by atoms with Crippen molar-refractivity contribution in [1.29, 1.82) is 0 Å². The zero-order valence-electron chi connectivity index (χ0n) is 11.6. The molecule has 1 amide bonds. The number of nitrogens with zero attached hydrogens (tertiary/aromatic N) is 2. The van der Waals surface area contributed by atoms with Crippen molar-refractivity contribution in [1.82, 2.24) is 15.3 Å². The first-order valence-electron chi connectivity index (χ1n) is 6.43. The van der Waals surface area contributed by atoms with Crippen LogP contribution in [0.2, 0.25) is 0 Å². The average molecular weight is 301 g/mol. The maximum absolute atomic E-state index is 12.2. The topological polar surface area (TPSA) is 75.1 Å². The number of pyridine rings is 1. The lowest BCUT2D eigenvalue weighted by molar-refractivity contribution is 0.0951. The Hall–Kier alpha value is -2.23. The lowest BCUT2D eigenvalue weighted by Crippen LogP contribution is -2.23. The van der Waals surface area contributed by atoms with Gasteiger partial charge in [-0.25, -0.2) is 4.98 Å². The maximum Gasteiger partial charge on any atom is 0.252 e. The van der Waals surface area contributed by atoms with E-state index in [-0.39, 0.29) is 12.5 Å². The molecular formula is C15H15N3O2S. The van der Waals surface area contributed by atoms with Crippen LogP contribution in [0.4, 0.5) is 0 Å². The Balaban J connectivity index is 2.09. The highest BCUT2D eigenvalue weighted by Crippen LogP contribution is 2.12. The van der Waals surface area contributed by atoms with E-state index in [2.05, 4.69) is 27.1 Å². The van der Waals surface area contributed by atoms with Crippen molar-refractivity contribution in [3.8, 4) is 11.8 Å². The van der Waals surface area contributed by atoms with E-state index in [0.717, 1.165) is 10.6 Å². The molecule has 21 heavy (non-hydrogen) atoms. The molecule has 6 heteroatoms. The molecule has 2 aromatic heterocycles. The Bertz CT molecular complexity index is 685. The number of hydrogen-bond donors (Lipinski definition) is 2. The van der Waals surface area contributed by atoms with Gasteiger partial charge in [-0.15, -0.1) is 11.3 Å². The molecule has 5 nitrogen and oxygen atoms in total. The average Bonchev–Trinajstić information content (AvgIpc) is 2.91. The largest absolute Gasteiger partial charge is 0.395 e. The zero-order valence-corrected chi connectivity index (χ0v) is 12.4. The van der Waals surface area contributed by atoms with Crippen LogP contribution in [0.3, 0.4) is 0 Å². The van der Waals surface area contributed by atoms with Crippen LogP contribution in [0, 0.1) is 18.8 Å². The minimum absolute atomic E-state index is 0.000549. The first kappa shape index (κ1) is 15.2. The van der Waals surface area contributed by atoms with Gasteiger partial charge in [0, 0.05) is 23.7 Å². The number of thiazole rings is 1. The molecule has 2 rings (SSSR count). The van der Waals surface area contributed by atoms with E-state index in [0.29, 0.717) is 24.1 Å². The summed E-state index contributed by atoms with van der Waals surface area (Å²) in [7, 11) is 0. The SMILES string of the molecule is Cc1ncsc1CNC(=O)c1ccncc1C#CCCO. The number of carbonyl (C=O) groups is 1. The van der Waals surface area contributed by atoms with Crippen LogP contribution < -0.4 is 5.32 Å². The number of nitrogens with one attached hydrogen (secondary N) is 1. The molecule has 0 aliphatic heterocycles. The summed E-state index contributed by atoms with van der Waals surface area (Å²) in [6.07, 6.45) is 3.48. The molecule has 0 aliphatic rings. The van der Waals surface area contributed by atoms with E-state index >= 15 is 0 Å². The van der Waals surface area contributed by atoms with Crippen molar-refractivity contribution in [2.24, 2.45) is 0 Å². The predicted molar refractivity (Wildman–Crippen MR) is 80.8 cm³/mol. The number of rotatable bonds is 4. The van der Waals surface area contributed by atoms with E-state index < -0.39 is 0 Å². The van der Waals surface area contributed by atoms with E-state index in [1.165, 1.54) is 11.3 Å². The summed E-state index contributed by atoms with van der Waals surface area (Å²) in [4.78, 5) is 21.4. The molecule has 0 atom stereocenters. The van der Waals surface area contributed by atoms with E-state index in [9.17, 15) is 4.79 Å². The fraction of sp³-hybridized carbons (Fsp3) is 0.267. The Morgan fingerprint density at radius 1 is 1.52 bits per heavy atom.